The quantitative estimate of drug-likeness (QED) is 0.762. The molecule has 0 radical (unpaired) electrons. The minimum absolute atomic E-state index is 0.0129. The summed E-state index contributed by atoms with van der Waals surface area (Å²) in [5, 5.41) is 9.75. The zero-order valence-electron chi connectivity index (χ0n) is 10.7. The molecular formula is C15H24O2. The fraction of sp³-hybridized carbons (Fsp3) is 0.800. The second-order valence-corrected chi connectivity index (χ2v) is 5.75. The van der Waals surface area contributed by atoms with Crippen LogP contribution in [-0.4, -0.2) is 17.5 Å². The van der Waals surface area contributed by atoms with Crippen LogP contribution < -0.4 is 0 Å². The van der Waals surface area contributed by atoms with Gasteiger partial charge in [-0.1, -0.05) is 25.3 Å². The molecule has 0 amide bonds. The molecule has 0 aromatic carbocycles. The molecule has 0 unspecified atom stereocenters. The monoisotopic (exact) mass is 236 g/mol. The Labute approximate surface area is 104 Å². The van der Waals surface area contributed by atoms with E-state index in [1.165, 1.54) is 32.1 Å². The summed E-state index contributed by atoms with van der Waals surface area (Å²) in [5.41, 5.74) is -0.482. The molecule has 2 aliphatic carbocycles. The highest BCUT2D eigenvalue weighted by molar-refractivity contribution is 5.87. The van der Waals surface area contributed by atoms with Crippen LogP contribution in [0.2, 0.25) is 0 Å². The van der Waals surface area contributed by atoms with Crippen molar-refractivity contribution in [1.82, 2.24) is 0 Å². The number of hydrogen-bond donors (Lipinski definition) is 1. The first kappa shape index (κ1) is 12.8. The van der Waals surface area contributed by atoms with E-state index in [-0.39, 0.29) is 18.3 Å². The van der Waals surface area contributed by atoms with Crippen LogP contribution in [0, 0.1) is 17.3 Å². The highest BCUT2D eigenvalue weighted by Gasteiger charge is 2.48. The van der Waals surface area contributed by atoms with Gasteiger partial charge in [0, 0.05) is 6.42 Å². The van der Waals surface area contributed by atoms with Crippen molar-refractivity contribution in [2.24, 2.45) is 17.3 Å². The van der Waals surface area contributed by atoms with Gasteiger partial charge in [-0.25, -0.2) is 0 Å². The number of carbonyl (C=O) groups is 1. The molecule has 0 heterocycles. The summed E-state index contributed by atoms with van der Waals surface area (Å²) in [6.07, 6.45) is 10.7. The highest BCUT2D eigenvalue weighted by atomic mass is 16.3. The maximum Gasteiger partial charge on any atom is 0.141 e. The zero-order chi connectivity index (χ0) is 12.3. The van der Waals surface area contributed by atoms with Gasteiger partial charge in [0.25, 0.3) is 0 Å². The number of aliphatic hydroxyl groups excluding tert-OH is 1. The molecule has 2 rings (SSSR count). The zero-order valence-corrected chi connectivity index (χ0v) is 10.7. The molecule has 96 valence electrons. The van der Waals surface area contributed by atoms with Crippen molar-refractivity contribution in [3.05, 3.63) is 12.7 Å². The average molecular weight is 236 g/mol. The Hall–Kier alpha value is -0.630. The maximum atomic E-state index is 12.2. The molecule has 0 bridgehead atoms. The van der Waals surface area contributed by atoms with Gasteiger partial charge in [0.15, 0.2) is 0 Å². The lowest BCUT2D eigenvalue weighted by Gasteiger charge is -2.39. The summed E-state index contributed by atoms with van der Waals surface area (Å²) < 4.78 is 0. The number of aliphatic hydroxyl groups is 1. The van der Waals surface area contributed by atoms with Gasteiger partial charge in [0.05, 0.1) is 12.0 Å². The van der Waals surface area contributed by atoms with Crippen LogP contribution in [0.25, 0.3) is 0 Å². The molecule has 2 heteroatoms. The lowest BCUT2D eigenvalue weighted by molar-refractivity contribution is -0.131. The van der Waals surface area contributed by atoms with Crippen molar-refractivity contribution in [2.45, 2.75) is 51.4 Å². The van der Waals surface area contributed by atoms with E-state index in [0.29, 0.717) is 12.3 Å². The van der Waals surface area contributed by atoms with E-state index in [0.717, 1.165) is 12.8 Å². The molecule has 2 atom stereocenters. The van der Waals surface area contributed by atoms with Crippen molar-refractivity contribution >= 4 is 5.78 Å². The minimum Gasteiger partial charge on any atom is -0.395 e. The van der Waals surface area contributed by atoms with E-state index in [1.807, 2.05) is 6.08 Å². The van der Waals surface area contributed by atoms with Crippen molar-refractivity contribution in [2.75, 3.05) is 6.61 Å². The third-order valence-electron chi connectivity index (χ3n) is 4.91. The van der Waals surface area contributed by atoms with Crippen LogP contribution in [-0.2, 0) is 4.79 Å². The molecule has 0 aromatic rings. The third kappa shape index (κ3) is 2.20. The van der Waals surface area contributed by atoms with Crippen molar-refractivity contribution in [3.63, 3.8) is 0 Å². The van der Waals surface area contributed by atoms with E-state index in [4.69, 9.17) is 0 Å². The molecule has 17 heavy (non-hydrogen) atoms. The van der Waals surface area contributed by atoms with Crippen molar-refractivity contribution in [1.29, 1.82) is 0 Å². The minimum atomic E-state index is -0.482. The molecule has 2 saturated carbocycles. The first-order valence-corrected chi connectivity index (χ1v) is 7.01. The lowest BCUT2D eigenvalue weighted by atomic mass is 9.64. The molecule has 1 N–H and O–H groups in total. The topological polar surface area (TPSA) is 37.3 Å². The Morgan fingerprint density at radius 3 is 2.53 bits per heavy atom. The summed E-state index contributed by atoms with van der Waals surface area (Å²) in [6.45, 7) is 3.96. The molecule has 0 aromatic heterocycles. The predicted octanol–water partition coefficient (Wildman–Crippen LogP) is 3.10. The first-order valence-electron chi connectivity index (χ1n) is 7.01. The molecule has 2 fully saturated rings. The molecule has 0 saturated heterocycles. The third-order valence-corrected chi connectivity index (χ3v) is 4.91. The summed E-state index contributed by atoms with van der Waals surface area (Å²) >= 11 is 0. The second-order valence-electron chi connectivity index (χ2n) is 5.75. The van der Waals surface area contributed by atoms with Crippen LogP contribution in [0.5, 0.6) is 0 Å². The predicted molar refractivity (Wildman–Crippen MR) is 68.6 cm³/mol. The smallest absolute Gasteiger partial charge is 0.141 e. The van der Waals surface area contributed by atoms with Gasteiger partial charge in [-0.15, -0.1) is 6.58 Å². The van der Waals surface area contributed by atoms with E-state index < -0.39 is 5.41 Å². The van der Waals surface area contributed by atoms with Crippen LogP contribution in [0.1, 0.15) is 51.4 Å². The number of Topliss-reactive ketones (excluding diaryl/α,β-unsaturated/α-hetero) is 1. The molecule has 0 aliphatic heterocycles. The summed E-state index contributed by atoms with van der Waals surface area (Å²) in [6, 6.07) is 0. The van der Waals surface area contributed by atoms with Crippen LogP contribution >= 0.6 is 0 Å². The highest BCUT2D eigenvalue weighted by Crippen LogP contribution is 2.48. The molecule has 2 nitrogen and oxygen atoms in total. The average Bonchev–Trinajstić information content (AvgIpc) is 2.74. The molecule has 0 spiro atoms. The molecular weight excluding hydrogens is 212 g/mol. The second kappa shape index (κ2) is 5.34. The SMILES string of the molecule is C=C[C@@H](C1CCCCC1)[C@]1(CO)CCCC1=O. The van der Waals surface area contributed by atoms with Gasteiger partial charge >= 0.3 is 0 Å². The van der Waals surface area contributed by atoms with Gasteiger partial charge in [0.1, 0.15) is 5.78 Å². The summed E-state index contributed by atoms with van der Waals surface area (Å²) in [5.74, 6) is 1.04. The van der Waals surface area contributed by atoms with E-state index in [1.54, 1.807) is 0 Å². The number of hydrogen-bond acceptors (Lipinski definition) is 2. The van der Waals surface area contributed by atoms with Crippen molar-refractivity contribution < 1.29 is 9.90 Å². The summed E-state index contributed by atoms with van der Waals surface area (Å²) in [7, 11) is 0. The summed E-state index contributed by atoms with van der Waals surface area (Å²) in [4.78, 5) is 12.2. The Bertz CT molecular complexity index is 291. The first-order chi connectivity index (χ1) is 8.24. The Balaban J connectivity index is 2.20. The number of rotatable bonds is 4. The Kier molecular flexibility index (Phi) is 4.03. The van der Waals surface area contributed by atoms with Crippen LogP contribution in [0.4, 0.5) is 0 Å². The van der Waals surface area contributed by atoms with Gasteiger partial charge in [-0.3, -0.25) is 4.79 Å². The fourth-order valence-electron chi connectivity index (χ4n) is 3.94. The van der Waals surface area contributed by atoms with Crippen LogP contribution in [0.15, 0.2) is 12.7 Å². The van der Waals surface area contributed by atoms with Gasteiger partial charge in [-0.05, 0) is 37.5 Å². The van der Waals surface area contributed by atoms with Crippen molar-refractivity contribution in [3.8, 4) is 0 Å². The number of allylic oxidation sites excluding steroid dienone is 1. The van der Waals surface area contributed by atoms with Gasteiger partial charge < -0.3 is 5.11 Å². The normalized spacial score (nSPS) is 32.6. The largest absolute Gasteiger partial charge is 0.395 e. The van der Waals surface area contributed by atoms with E-state index >= 15 is 0 Å². The maximum absolute atomic E-state index is 12.2. The van der Waals surface area contributed by atoms with Gasteiger partial charge in [0.2, 0.25) is 0 Å². The standard InChI is InChI=1S/C15H24O2/c1-2-13(12-7-4-3-5-8-12)15(11-16)10-6-9-14(15)17/h2,12-13,16H,1,3-11H2/t13-,15+/m0/s1. The molecule has 2 aliphatic rings. The lowest BCUT2D eigenvalue weighted by Crippen LogP contribution is -2.41. The number of carbonyl (C=O) groups excluding carboxylic acids is 1. The van der Waals surface area contributed by atoms with Gasteiger partial charge in [-0.2, -0.15) is 0 Å². The van der Waals surface area contributed by atoms with Crippen LogP contribution in [0.3, 0.4) is 0 Å². The Morgan fingerprint density at radius 1 is 1.35 bits per heavy atom. The Morgan fingerprint density at radius 2 is 2.06 bits per heavy atom. The van der Waals surface area contributed by atoms with E-state index in [9.17, 15) is 9.90 Å². The van der Waals surface area contributed by atoms with E-state index in [2.05, 4.69) is 6.58 Å². The fourth-order valence-corrected chi connectivity index (χ4v) is 3.94. The number of ketones is 1.